The number of ether oxygens (including phenoxy) is 1. The molecule has 2 heterocycles. The van der Waals surface area contributed by atoms with Crippen molar-refractivity contribution in [3.8, 4) is 5.75 Å². The predicted molar refractivity (Wildman–Crippen MR) is 117 cm³/mol. The van der Waals surface area contributed by atoms with Gasteiger partial charge in [-0.05, 0) is 61.1 Å². The SMILES string of the molecule is O=S(=O)(c1ccccc1Cl)N1CCC2(CCN(c3ccc(OCC(F)(F)F)cc3)C2)CC1. The van der Waals surface area contributed by atoms with Crippen LogP contribution >= 0.6 is 11.6 Å². The Kier molecular flexibility index (Phi) is 6.35. The molecule has 0 amide bonds. The van der Waals surface area contributed by atoms with Gasteiger partial charge < -0.3 is 9.64 Å². The van der Waals surface area contributed by atoms with Gasteiger partial charge in [0.2, 0.25) is 10.0 Å². The summed E-state index contributed by atoms with van der Waals surface area (Å²) in [5.74, 6) is 0.179. The second-order valence-corrected chi connectivity index (χ2v) is 10.7. The third-order valence-corrected chi connectivity index (χ3v) is 8.68. The van der Waals surface area contributed by atoms with E-state index in [2.05, 4.69) is 4.90 Å². The van der Waals surface area contributed by atoms with Crippen molar-refractivity contribution in [3.05, 3.63) is 53.6 Å². The van der Waals surface area contributed by atoms with Gasteiger partial charge in [0, 0.05) is 31.9 Å². The summed E-state index contributed by atoms with van der Waals surface area (Å²) in [5, 5.41) is 0.225. The summed E-state index contributed by atoms with van der Waals surface area (Å²) in [7, 11) is -3.63. The van der Waals surface area contributed by atoms with Gasteiger partial charge in [-0.1, -0.05) is 23.7 Å². The molecule has 0 bridgehead atoms. The number of alkyl halides is 3. The van der Waals surface area contributed by atoms with Gasteiger partial charge in [0.25, 0.3) is 0 Å². The zero-order chi connectivity index (χ0) is 23.0. The minimum absolute atomic E-state index is 0.0258. The molecule has 0 atom stereocenters. The first-order valence-corrected chi connectivity index (χ1v) is 12.2. The second-order valence-electron chi connectivity index (χ2n) is 8.40. The Hall–Kier alpha value is -1.97. The minimum atomic E-state index is -4.37. The smallest absolute Gasteiger partial charge is 0.422 e. The summed E-state index contributed by atoms with van der Waals surface area (Å²) >= 11 is 6.11. The number of sulfonamides is 1. The first-order valence-electron chi connectivity index (χ1n) is 10.4. The number of nitrogens with zero attached hydrogens (tertiary/aromatic N) is 2. The molecule has 0 saturated carbocycles. The summed E-state index contributed by atoms with van der Waals surface area (Å²) < 4.78 is 69.2. The van der Waals surface area contributed by atoms with E-state index in [1.165, 1.54) is 10.4 Å². The standard InChI is InChI=1S/C22H24ClF3N2O3S/c23-19-3-1-2-4-20(19)32(29,30)28-13-10-21(11-14-28)9-12-27(15-21)17-5-7-18(8-6-17)31-16-22(24,25)26/h1-8H,9-16H2. The summed E-state index contributed by atoms with van der Waals surface area (Å²) in [4.78, 5) is 2.34. The van der Waals surface area contributed by atoms with Crippen molar-refractivity contribution >= 4 is 27.3 Å². The summed E-state index contributed by atoms with van der Waals surface area (Å²) in [5.41, 5.74) is 0.949. The molecule has 2 aromatic carbocycles. The molecule has 2 fully saturated rings. The quantitative estimate of drug-likeness (QED) is 0.596. The molecule has 0 aromatic heterocycles. The topological polar surface area (TPSA) is 49.9 Å². The number of benzene rings is 2. The highest BCUT2D eigenvalue weighted by molar-refractivity contribution is 7.89. The van der Waals surface area contributed by atoms with E-state index in [1.807, 2.05) is 0 Å². The summed E-state index contributed by atoms with van der Waals surface area (Å²) in [6.07, 6.45) is -1.92. The fraction of sp³-hybridized carbons (Fsp3) is 0.455. The normalized spacial score (nSPS) is 19.4. The maximum Gasteiger partial charge on any atom is 0.422 e. The van der Waals surface area contributed by atoms with Crippen LogP contribution in [0.2, 0.25) is 5.02 Å². The number of hydrogen-bond acceptors (Lipinski definition) is 4. The molecular formula is C22H24ClF3N2O3S. The fourth-order valence-corrected chi connectivity index (χ4v) is 6.41. The molecule has 0 radical (unpaired) electrons. The highest BCUT2D eigenvalue weighted by Crippen LogP contribution is 2.43. The van der Waals surface area contributed by atoms with Crippen LogP contribution in [0.1, 0.15) is 19.3 Å². The van der Waals surface area contributed by atoms with Crippen molar-refractivity contribution in [2.75, 3.05) is 37.7 Å². The molecule has 2 saturated heterocycles. The Bertz CT molecular complexity index is 1050. The van der Waals surface area contributed by atoms with Crippen LogP contribution in [0.5, 0.6) is 5.75 Å². The molecule has 10 heteroatoms. The fourth-order valence-electron chi connectivity index (χ4n) is 4.48. The van der Waals surface area contributed by atoms with Crippen LogP contribution in [-0.4, -0.2) is 51.7 Å². The number of anilines is 1. The van der Waals surface area contributed by atoms with Gasteiger partial charge >= 0.3 is 6.18 Å². The number of piperidine rings is 1. The second kappa shape index (κ2) is 8.76. The van der Waals surface area contributed by atoms with Crippen LogP contribution < -0.4 is 9.64 Å². The highest BCUT2D eigenvalue weighted by Gasteiger charge is 2.43. The van der Waals surface area contributed by atoms with E-state index in [0.29, 0.717) is 13.1 Å². The Balaban J connectivity index is 1.36. The van der Waals surface area contributed by atoms with Gasteiger partial charge in [0.15, 0.2) is 6.61 Å². The van der Waals surface area contributed by atoms with Crippen molar-refractivity contribution < 1.29 is 26.3 Å². The van der Waals surface area contributed by atoms with Gasteiger partial charge in [-0.15, -0.1) is 0 Å². The van der Waals surface area contributed by atoms with Gasteiger partial charge in [-0.3, -0.25) is 0 Å². The Morgan fingerprint density at radius 3 is 2.22 bits per heavy atom. The van der Waals surface area contributed by atoms with Gasteiger partial charge in [-0.2, -0.15) is 17.5 Å². The van der Waals surface area contributed by atoms with Crippen molar-refractivity contribution in [1.82, 2.24) is 4.31 Å². The Morgan fingerprint density at radius 2 is 1.59 bits per heavy atom. The molecule has 0 unspecified atom stereocenters. The highest BCUT2D eigenvalue weighted by atomic mass is 35.5. The Morgan fingerprint density at radius 1 is 0.969 bits per heavy atom. The van der Waals surface area contributed by atoms with Crippen LogP contribution in [0.15, 0.2) is 53.4 Å². The monoisotopic (exact) mass is 488 g/mol. The van der Waals surface area contributed by atoms with Crippen molar-refractivity contribution in [1.29, 1.82) is 0 Å². The first-order chi connectivity index (χ1) is 15.1. The van der Waals surface area contributed by atoms with Gasteiger partial charge in [-0.25, -0.2) is 8.42 Å². The van der Waals surface area contributed by atoms with E-state index >= 15 is 0 Å². The number of hydrogen-bond donors (Lipinski definition) is 0. The van der Waals surface area contributed by atoms with Crippen molar-refractivity contribution in [2.45, 2.75) is 30.3 Å². The lowest BCUT2D eigenvalue weighted by Crippen LogP contribution is -2.44. The molecule has 0 N–H and O–H groups in total. The summed E-state index contributed by atoms with van der Waals surface area (Å²) in [6.45, 7) is 1.17. The molecule has 2 aromatic rings. The van der Waals surface area contributed by atoms with E-state index in [1.54, 1.807) is 42.5 Å². The third kappa shape index (κ3) is 5.00. The molecule has 32 heavy (non-hydrogen) atoms. The van der Waals surface area contributed by atoms with Crippen molar-refractivity contribution in [3.63, 3.8) is 0 Å². The van der Waals surface area contributed by atoms with Crippen molar-refractivity contribution in [2.24, 2.45) is 5.41 Å². The van der Waals surface area contributed by atoms with Crippen LogP contribution in [-0.2, 0) is 10.0 Å². The average molecular weight is 489 g/mol. The third-order valence-electron chi connectivity index (χ3n) is 6.28. The molecular weight excluding hydrogens is 465 g/mol. The van der Waals surface area contributed by atoms with E-state index < -0.39 is 22.8 Å². The molecule has 5 nitrogen and oxygen atoms in total. The van der Waals surface area contributed by atoms with Crippen LogP contribution in [0.25, 0.3) is 0 Å². The van der Waals surface area contributed by atoms with Crippen LogP contribution in [0.3, 0.4) is 0 Å². The van der Waals surface area contributed by atoms with Crippen LogP contribution in [0, 0.1) is 5.41 Å². The maximum atomic E-state index is 13.0. The van der Waals surface area contributed by atoms with E-state index in [9.17, 15) is 21.6 Å². The number of halogens is 4. The van der Waals surface area contributed by atoms with Gasteiger partial charge in [0.1, 0.15) is 10.6 Å². The van der Waals surface area contributed by atoms with Gasteiger partial charge in [0.05, 0.1) is 5.02 Å². The lowest BCUT2D eigenvalue weighted by Gasteiger charge is -2.38. The zero-order valence-electron chi connectivity index (χ0n) is 17.3. The molecule has 2 aliphatic rings. The zero-order valence-corrected chi connectivity index (χ0v) is 18.9. The maximum absolute atomic E-state index is 13.0. The molecule has 0 aliphatic carbocycles. The minimum Gasteiger partial charge on any atom is -0.484 e. The average Bonchev–Trinajstić information content (AvgIpc) is 3.16. The van der Waals surface area contributed by atoms with E-state index in [0.717, 1.165) is 38.0 Å². The largest absolute Gasteiger partial charge is 0.484 e. The van der Waals surface area contributed by atoms with E-state index in [-0.39, 0.29) is 21.1 Å². The predicted octanol–water partition coefficient (Wildman–Crippen LogP) is 4.96. The Labute approximate surface area is 190 Å². The molecule has 174 valence electrons. The lowest BCUT2D eigenvalue weighted by atomic mass is 9.78. The molecule has 1 spiro atoms. The lowest BCUT2D eigenvalue weighted by molar-refractivity contribution is -0.153. The summed E-state index contributed by atoms with van der Waals surface area (Å²) in [6, 6.07) is 13.1. The van der Waals surface area contributed by atoms with Crippen LogP contribution in [0.4, 0.5) is 18.9 Å². The molecule has 4 rings (SSSR count). The molecule has 2 aliphatic heterocycles. The number of rotatable bonds is 5. The van der Waals surface area contributed by atoms with E-state index in [4.69, 9.17) is 16.3 Å². The first kappa shape index (κ1) is 23.2.